The molecule has 1 aromatic heterocycles. The van der Waals surface area contributed by atoms with Gasteiger partial charge in [-0.1, -0.05) is 40.9 Å². The summed E-state index contributed by atoms with van der Waals surface area (Å²) in [6, 6.07) is 11.1. The number of amides is 1. The van der Waals surface area contributed by atoms with Crippen LogP contribution in [0.5, 0.6) is 0 Å². The van der Waals surface area contributed by atoms with Gasteiger partial charge in [-0.2, -0.15) is 0 Å². The lowest BCUT2D eigenvalue weighted by molar-refractivity contribution is -0.690. The van der Waals surface area contributed by atoms with Crippen LogP contribution in [0, 0.1) is 6.92 Å². The maximum atomic E-state index is 12.7. The molecule has 4 nitrogen and oxygen atoms in total. The van der Waals surface area contributed by atoms with Crippen molar-refractivity contribution in [2.75, 3.05) is 5.32 Å². The van der Waals surface area contributed by atoms with Gasteiger partial charge in [-0.15, -0.1) is 0 Å². The van der Waals surface area contributed by atoms with Crippen molar-refractivity contribution in [3.05, 3.63) is 69.1 Å². The zero-order valence-corrected chi connectivity index (χ0v) is 17.6. The number of hydrogen-bond donors (Lipinski definition) is 1. The molecule has 144 valence electrons. The summed E-state index contributed by atoms with van der Waals surface area (Å²) >= 11 is 18.3. The molecule has 7 heteroatoms. The number of aryl methyl sites for hydroxylation is 1. The first-order valence-corrected chi connectivity index (χ1v) is 10.2. The Balaban J connectivity index is 1.61. The molecule has 4 rings (SSSR count). The van der Waals surface area contributed by atoms with Gasteiger partial charge in [-0.25, -0.2) is 9.13 Å². The second kappa shape index (κ2) is 7.78. The first kappa shape index (κ1) is 19.3. The number of fused-ring (bicyclic) bond motifs is 1. The van der Waals surface area contributed by atoms with Crippen LogP contribution in [0.3, 0.4) is 0 Å². The van der Waals surface area contributed by atoms with Crippen molar-refractivity contribution in [3.63, 3.8) is 0 Å². The van der Waals surface area contributed by atoms with E-state index in [4.69, 9.17) is 34.8 Å². The average Bonchev–Trinajstić information content (AvgIpc) is 3.25. The van der Waals surface area contributed by atoms with E-state index in [1.165, 1.54) is 0 Å². The molecule has 0 atom stereocenters. The fourth-order valence-electron chi connectivity index (χ4n) is 3.61. The molecule has 1 aliphatic rings. The molecule has 0 bridgehead atoms. The van der Waals surface area contributed by atoms with Crippen molar-refractivity contribution in [2.45, 2.75) is 32.9 Å². The third-order valence-electron chi connectivity index (χ3n) is 5.00. The van der Waals surface area contributed by atoms with Gasteiger partial charge in [0, 0.05) is 16.3 Å². The number of nitrogens with one attached hydrogen (secondary N) is 1. The van der Waals surface area contributed by atoms with Crippen molar-refractivity contribution < 1.29 is 9.36 Å². The Morgan fingerprint density at radius 3 is 2.75 bits per heavy atom. The highest BCUT2D eigenvalue weighted by atomic mass is 35.5. The highest BCUT2D eigenvalue weighted by molar-refractivity contribution is 6.42. The molecule has 3 aromatic rings. The maximum absolute atomic E-state index is 12.7. The molecule has 0 aliphatic carbocycles. The zero-order valence-electron chi connectivity index (χ0n) is 15.3. The highest BCUT2D eigenvalue weighted by Crippen LogP contribution is 2.30. The number of aromatic nitrogens is 2. The molecule has 1 amide bonds. The largest absolute Gasteiger partial charge is 0.322 e. The van der Waals surface area contributed by atoms with Crippen molar-refractivity contribution >= 4 is 46.4 Å². The van der Waals surface area contributed by atoms with Crippen LogP contribution in [-0.4, -0.2) is 10.5 Å². The molecular weight excluding hydrogens is 417 g/mol. The maximum Gasteiger partial charge on any atom is 0.266 e. The molecule has 28 heavy (non-hydrogen) atoms. The van der Waals surface area contributed by atoms with Crippen LogP contribution in [0.2, 0.25) is 15.1 Å². The van der Waals surface area contributed by atoms with E-state index in [1.807, 2.05) is 42.0 Å². The molecule has 0 spiro atoms. The Kier molecular flexibility index (Phi) is 5.37. The molecule has 0 fully saturated rings. The molecule has 0 radical (unpaired) electrons. The Hall–Kier alpha value is -2.01. The highest BCUT2D eigenvalue weighted by Gasteiger charge is 2.29. The zero-order chi connectivity index (χ0) is 19.8. The summed E-state index contributed by atoms with van der Waals surface area (Å²) in [5.74, 6) is 1.05. The van der Waals surface area contributed by atoms with Crippen molar-refractivity contribution in [1.82, 2.24) is 4.57 Å². The topological polar surface area (TPSA) is 37.9 Å². The van der Waals surface area contributed by atoms with Crippen LogP contribution >= 0.6 is 34.8 Å². The van der Waals surface area contributed by atoms with Gasteiger partial charge < -0.3 is 5.32 Å². The standard InChI is InChI=1S/C21H18Cl3N3O/c1-13-4-6-15(22)10-18(13)25-20(28)12-26-11-19(27-8-2-3-21(26)27)14-5-7-16(23)17(24)9-14/h4-7,9-11H,2-3,8,12H2,1H3/p+1. The SMILES string of the molecule is Cc1ccc(Cl)cc1NC(=O)C[n+]1cc(-c2ccc(Cl)c(Cl)c2)n2c1CCC2. The number of nitrogens with zero attached hydrogens (tertiary/aromatic N) is 2. The van der Waals surface area contributed by atoms with Gasteiger partial charge in [0.1, 0.15) is 6.20 Å². The third kappa shape index (κ3) is 3.77. The van der Waals surface area contributed by atoms with Gasteiger partial charge in [-0.3, -0.25) is 4.79 Å². The van der Waals surface area contributed by atoms with Crippen molar-refractivity contribution in [3.8, 4) is 11.3 Å². The second-order valence-electron chi connectivity index (χ2n) is 6.95. The molecule has 1 aliphatic heterocycles. The fourth-order valence-corrected chi connectivity index (χ4v) is 4.08. The normalized spacial score (nSPS) is 12.9. The average molecular weight is 436 g/mol. The van der Waals surface area contributed by atoms with E-state index in [0.717, 1.165) is 47.7 Å². The van der Waals surface area contributed by atoms with Gasteiger partial charge in [-0.05, 0) is 49.2 Å². The van der Waals surface area contributed by atoms with Gasteiger partial charge in [0.15, 0.2) is 12.2 Å². The molecule has 0 saturated heterocycles. The van der Waals surface area contributed by atoms with Crippen LogP contribution in [0.1, 0.15) is 17.8 Å². The Morgan fingerprint density at radius 1 is 1.14 bits per heavy atom. The Bertz CT molecular complexity index is 1070. The lowest BCUT2D eigenvalue weighted by atomic mass is 10.1. The van der Waals surface area contributed by atoms with Gasteiger partial charge in [0.05, 0.1) is 23.0 Å². The quantitative estimate of drug-likeness (QED) is 0.555. The number of rotatable bonds is 4. The van der Waals surface area contributed by atoms with Crippen LogP contribution < -0.4 is 9.88 Å². The number of anilines is 1. The van der Waals surface area contributed by atoms with E-state index in [0.29, 0.717) is 15.1 Å². The third-order valence-corrected chi connectivity index (χ3v) is 5.97. The minimum atomic E-state index is -0.0867. The van der Waals surface area contributed by atoms with Gasteiger partial charge >= 0.3 is 0 Å². The van der Waals surface area contributed by atoms with E-state index in [9.17, 15) is 4.79 Å². The lowest BCUT2D eigenvalue weighted by Crippen LogP contribution is -2.42. The summed E-state index contributed by atoms with van der Waals surface area (Å²) in [6.07, 6.45) is 4.00. The van der Waals surface area contributed by atoms with E-state index < -0.39 is 0 Å². The summed E-state index contributed by atoms with van der Waals surface area (Å²) in [7, 11) is 0. The van der Waals surface area contributed by atoms with Crippen molar-refractivity contribution in [2.24, 2.45) is 0 Å². The molecule has 2 heterocycles. The Labute approximate surface area is 178 Å². The molecule has 0 saturated carbocycles. The summed E-state index contributed by atoms with van der Waals surface area (Å²) in [6.45, 7) is 3.10. The van der Waals surface area contributed by atoms with E-state index in [2.05, 4.69) is 9.88 Å². The van der Waals surface area contributed by atoms with Gasteiger partial charge in [0.2, 0.25) is 0 Å². The van der Waals surface area contributed by atoms with Crippen LogP contribution in [0.25, 0.3) is 11.3 Å². The Morgan fingerprint density at radius 2 is 1.96 bits per heavy atom. The number of imidazole rings is 1. The number of halogens is 3. The van der Waals surface area contributed by atoms with E-state index in [-0.39, 0.29) is 12.5 Å². The first-order chi connectivity index (χ1) is 13.4. The minimum absolute atomic E-state index is 0.0867. The summed E-state index contributed by atoms with van der Waals surface area (Å²) < 4.78 is 4.26. The number of carbonyl (C=O) groups is 1. The fraction of sp³-hybridized carbons (Fsp3) is 0.238. The van der Waals surface area contributed by atoms with E-state index in [1.54, 1.807) is 12.1 Å². The number of hydrogen-bond acceptors (Lipinski definition) is 1. The predicted octanol–water partition coefficient (Wildman–Crippen LogP) is 5.30. The van der Waals surface area contributed by atoms with E-state index >= 15 is 0 Å². The minimum Gasteiger partial charge on any atom is -0.322 e. The molecule has 2 aromatic carbocycles. The molecular formula is C21H19Cl3N3O+. The van der Waals surface area contributed by atoms with Crippen LogP contribution in [-0.2, 0) is 24.3 Å². The number of benzene rings is 2. The summed E-state index contributed by atoms with van der Waals surface area (Å²) in [4.78, 5) is 12.7. The molecule has 1 N–H and O–H groups in total. The first-order valence-electron chi connectivity index (χ1n) is 9.05. The second-order valence-corrected chi connectivity index (χ2v) is 8.20. The summed E-state index contributed by atoms with van der Waals surface area (Å²) in [5.41, 5.74) is 3.74. The van der Waals surface area contributed by atoms with Crippen molar-refractivity contribution in [1.29, 1.82) is 0 Å². The predicted molar refractivity (Wildman–Crippen MR) is 113 cm³/mol. The smallest absolute Gasteiger partial charge is 0.266 e. The van der Waals surface area contributed by atoms with Crippen LogP contribution in [0.15, 0.2) is 42.6 Å². The lowest BCUT2D eigenvalue weighted by Gasteiger charge is -2.08. The summed E-state index contributed by atoms with van der Waals surface area (Å²) in [5, 5.41) is 4.61. The van der Waals surface area contributed by atoms with Gasteiger partial charge in [0.25, 0.3) is 11.7 Å². The number of carbonyl (C=O) groups excluding carboxylic acids is 1. The van der Waals surface area contributed by atoms with Crippen LogP contribution in [0.4, 0.5) is 5.69 Å². The monoisotopic (exact) mass is 434 g/mol. The molecule has 0 unspecified atom stereocenters.